The minimum absolute atomic E-state index is 0.355. The molecule has 2 heterocycles. The van der Waals surface area contributed by atoms with Gasteiger partial charge in [0.2, 0.25) is 0 Å². The summed E-state index contributed by atoms with van der Waals surface area (Å²) in [5, 5.41) is 0.355. The fourth-order valence-electron chi connectivity index (χ4n) is 3.22. The van der Waals surface area contributed by atoms with Gasteiger partial charge in [0.25, 0.3) is 0 Å². The van der Waals surface area contributed by atoms with Crippen molar-refractivity contribution in [2.24, 2.45) is 0 Å². The molecule has 3 heteroatoms. The summed E-state index contributed by atoms with van der Waals surface area (Å²) in [6, 6.07) is 10.5. The summed E-state index contributed by atoms with van der Waals surface area (Å²) < 4.78 is 12.6. The van der Waals surface area contributed by atoms with Gasteiger partial charge in [0.05, 0.1) is 16.0 Å². The van der Waals surface area contributed by atoms with Gasteiger partial charge in [-0.3, -0.25) is 9.11 Å². The second-order valence-corrected chi connectivity index (χ2v) is 6.71. The standard InChI is InChI=1S/C14H19NOS/c16-17(12-6-2-1-3-7-12)14-9-5-11-15-10-4-8-13(14)15/h1-3,6-7,13-14H,4-5,8-11H2/t13-,14+,17?/m1/s1. The van der Waals surface area contributed by atoms with E-state index < -0.39 is 10.8 Å². The number of benzene rings is 1. The Morgan fingerprint density at radius 2 is 1.76 bits per heavy atom. The molecule has 0 N–H and O–H groups in total. The average molecular weight is 249 g/mol. The van der Waals surface area contributed by atoms with Crippen molar-refractivity contribution in [2.45, 2.75) is 41.9 Å². The Balaban J connectivity index is 1.81. The second kappa shape index (κ2) is 4.91. The zero-order chi connectivity index (χ0) is 11.7. The highest BCUT2D eigenvalue weighted by Crippen LogP contribution is 2.32. The maximum Gasteiger partial charge on any atom is 0.0576 e. The van der Waals surface area contributed by atoms with Gasteiger partial charge in [0.15, 0.2) is 0 Å². The summed E-state index contributed by atoms with van der Waals surface area (Å²) in [6.45, 7) is 2.43. The van der Waals surface area contributed by atoms with Gasteiger partial charge in [-0.05, 0) is 50.9 Å². The van der Waals surface area contributed by atoms with Gasteiger partial charge in [-0.2, -0.15) is 0 Å². The van der Waals surface area contributed by atoms with Gasteiger partial charge in [-0.25, -0.2) is 0 Å². The molecule has 92 valence electrons. The van der Waals surface area contributed by atoms with E-state index in [9.17, 15) is 4.21 Å². The Bertz CT molecular complexity index is 406. The predicted octanol–water partition coefficient (Wildman–Crippen LogP) is 2.42. The molecule has 2 fully saturated rings. The summed E-state index contributed by atoms with van der Waals surface area (Å²) in [4.78, 5) is 3.56. The molecule has 1 aromatic carbocycles. The van der Waals surface area contributed by atoms with Crippen molar-refractivity contribution in [3.8, 4) is 0 Å². The molecule has 0 aliphatic carbocycles. The van der Waals surface area contributed by atoms with E-state index in [0.717, 1.165) is 11.3 Å². The van der Waals surface area contributed by atoms with Crippen LogP contribution in [0.3, 0.4) is 0 Å². The Labute approximate surface area is 105 Å². The molecule has 2 nitrogen and oxygen atoms in total. The first-order valence-corrected chi connectivity index (χ1v) is 7.77. The average Bonchev–Trinajstić information content (AvgIpc) is 2.87. The topological polar surface area (TPSA) is 20.3 Å². The van der Waals surface area contributed by atoms with Gasteiger partial charge < -0.3 is 0 Å². The number of rotatable bonds is 2. The van der Waals surface area contributed by atoms with Crippen LogP contribution in [0, 0.1) is 0 Å². The molecule has 17 heavy (non-hydrogen) atoms. The largest absolute Gasteiger partial charge is 0.299 e. The van der Waals surface area contributed by atoms with Crippen molar-refractivity contribution < 1.29 is 4.21 Å². The minimum Gasteiger partial charge on any atom is -0.299 e. The van der Waals surface area contributed by atoms with Crippen LogP contribution in [0.2, 0.25) is 0 Å². The second-order valence-electron chi connectivity index (χ2n) is 5.04. The predicted molar refractivity (Wildman–Crippen MR) is 70.5 cm³/mol. The summed E-state index contributed by atoms with van der Waals surface area (Å²) in [5.41, 5.74) is 0. The molecule has 0 bridgehead atoms. The summed E-state index contributed by atoms with van der Waals surface area (Å²) in [5.74, 6) is 0. The van der Waals surface area contributed by atoms with Crippen molar-refractivity contribution in [1.82, 2.24) is 4.90 Å². The van der Waals surface area contributed by atoms with Crippen molar-refractivity contribution >= 4 is 10.8 Å². The summed E-state index contributed by atoms with van der Waals surface area (Å²) in [7, 11) is -0.822. The zero-order valence-electron chi connectivity index (χ0n) is 10.0. The first-order chi connectivity index (χ1) is 8.36. The Hall–Kier alpha value is -0.670. The minimum atomic E-state index is -0.822. The number of hydrogen-bond acceptors (Lipinski definition) is 2. The maximum atomic E-state index is 12.6. The highest BCUT2D eigenvalue weighted by molar-refractivity contribution is 7.85. The fourth-order valence-corrected chi connectivity index (χ4v) is 4.97. The zero-order valence-corrected chi connectivity index (χ0v) is 10.9. The molecule has 0 aromatic heterocycles. The number of fused-ring (bicyclic) bond motifs is 1. The molecule has 0 radical (unpaired) electrons. The summed E-state index contributed by atoms with van der Waals surface area (Å²) >= 11 is 0. The monoisotopic (exact) mass is 249 g/mol. The van der Waals surface area contributed by atoms with E-state index in [1.54, 1.807) is 0 Å². The maximum absolute atomic E-state index is 12.6. The molecular formula is C14H19NOS. The molecule has 2 aliphatic rings. The van der Waals surface area contributed by atoms with E-state index in [-0.39, 0.29) is 0 Å². The van der Waals surface area contributed by atoms with Crippen LogP contribution in [0.15, 0.2) is 35.2 Å². The Morgan fingerprint density at radius 1 is 1.06 bits per heavy atom. The van der Waals surface area contributed by atoms with Crippen LogP contribution in [-0.4, -0.2) is 33.5 Å². The molecule has 2 saturated heterocycles. The van der Waals surface area contributed by atoms with Gasteiger partial charge in [-0.15, -0.1) is 0 Å². The lowest BCUT2D eigenvalue weighted by Crippen LogP contribution is -2.45. The van der Waals surface area contributed by atoms with Crippen molar-refractivity contribution in [3.63, 3.8) is 0 Å². The molecule has 0 saturated carbocycles. The highest BCUT2D eigenvalue weighted by Gasteiger charge is 2.37. The van der Waals surface area contributed by atoms with Crippen LogP contribution in [0.5, 0.6) is 0 Å². The van der Waals surface area contributed by atoms with E-state index in [1.807, 2.05) is 30.3 Å². The van der Waals surface area contributed by atoms with Gasteiger partial charge in [-0.1, -0.05) is 18.2 Å². The van der Waals surface area contributed by atoms with E-state index in [1.165, 1.54) is 32.4 Å². The quantitative estimate of drug-likeness (QED) is 0.802. The third-order valence-electron chi connectivity index (χ3n) is 4.03. The van der Waals surface area contributed by atoms with Gasteiger partial charge >= 0.3 is 0 Å². The van der Waals surface area contributed by atoms with Crippen LogP contribution in [0.25, 0.3) is 0 Å². The van der Waals surface area contributed by atoms with Crippen LogP contribution in [0.1, 0.15) is 25.7 Å². The number of hydrogen-bond donors (Lipinski definition) is 0. The first kappa shape index (κ1) is 11.4. The SMILES string of the molecule is O=S(c1ccccc1)[C@H]1CCCN2CCC[C@H]12. The van der Waals surface area contributed by atoms with Gasteiger partial charge in [0, 0.05) is 10.9 Å². The van der Waals surface area contributed by atoms with Crippen molar-refractivity contribution in [3.05, 3.63) is 30.3 Å². The molecular weight excluding hydrogens is 230 g/mol. The summed E-state index contributed by atoms with van der Waals surface area (Å²) in [6.07, 6.45) is 4.86. The lowest BCUT2D eigenvalue weighted by Gasteiger charge is -2.36. The van der Waals surface area contributed by atoms with E-state index in [4.69, 9.17) is 0 Å². The molecule has 2 aliphatic heterocycles. The molecule has 3 atom stereocenters. The number of nitrogens with zero attached hydrogens (tertiary/aromatic N) is 1. The Kier molecular flexibility index (Phi) is 3.30. The molecule has 1 unspecified atom stereocenters. The first-order valence-electron chi connectivity index (χ1n) is 6.56. The highest BCUT2D eigenvalue weighted by atomic mass is 32.2. The van der Waals surface area contributed by atoms with Crippen LogP contribution >= 0.6 is 0 Å². The molecule has 0 spiro atoms. The van der Waals surface area contributed by atoms with E-state index in [0.29, 0.717) is 11.3 Å². The Morgan fingerprint density at radius 3 is 2.53 bits per heavy atom. The lowest BCUT2D eigenvalue weighted by atomic mass is 10.0. The third-order valence-corrected chi connectivity index (χ3v) is 5.86. The number of piperidine rings is 1. The third kappa shape index (κ3) is 2.18. The molecule has 1 aromatic rings. The molecule has 3 rings (SSSR count). The lowest BCUT2D eigenvalue weighted by molar-refractivity contribution is 0.202. The van der Waals surface area contributed by atoms with Crippen LogP contribution in [0.4, 0.5) is 0 Å². The van der Waals surface area contributed by atoms with Crippen molar-refractivity contribution in [2.75, 3.05) is 13.1 Å². The van der Waals surface area contributed by atoms with Crippen molar-refractivity contribution in [1.29, 1.82) is 0 Å². The smallest absolute Gasteiger partial charge is 0.0576 e. The normalized spacial score (nSPS) is 31.1. The van der Waals surface area contributed by atoms with Gasteiger partial charge in [0.1, 0.15) is 0 Å². The van der Waals surface area contributed by atoms with E-state index >= 15 is 0 Å². The van der Waals surface area contributed by atoms with Crippen LogP contribution < -0.4 is 0 Å². The fraction of sp³-hybridized carbons (Fsp3) is 0.571. The van der Waals surface area contributed by atoms with Crippen LogP contribution in [-0.2, 0) is 10.8 Å². The van der Waals surface area contributed by atoms with E-state index in [2.05, 4.69) is 4.90 Å². The molecule has 0 amide bonds.